The van der Waals surface area contributed by atoms with Crippen molar-refractivity contribution < 1.29 is 0 Å². The molecule has 2 rings (SSSR count). The Kier molecular flexibility index (Phi) is 3.26. The first-order valence-electron chi connectivity index (χ1n) is 5.99. The van der Waals surface area contributed by atoms with Crippen molar-refractivity contribution in [2.45, 2.75) is 32.2 Å². The summed E-state index contributed by atoms with van der Waals surface area (Å²) in [5.74, 6) is 1.37. The molecule has 0 aromatic heterocycles. The molecule has 0 spiro atoms. The Labute approximate surface area is 97.3 Å². The fourth-order valence-corrected chi connectivity index (χ4v) is 2.56. The van der Waals surface area contributed by atoms with Gasteiger partial charge in [-0.3, -0.25) is 0 Å². The van der Waals surface area contributed by atoms with E-state index in [9.17, 15) is 0 Å². The molecule has 1 aliphatic rings. The maximum absolute atomic E-state index is 8.74. The van der Waals surface area contributed by atoms with Crippen molar-refractivity contribution in [3.05, 3.63) is 35.4 Å². The van der Waals surface area contributed by atoms with Crippen molar-refractivity contribution in [3.8, 4) is 6.07 Å². The van der Waals surface area contributed by atoms with Gasteiger partial charge in [0.05, 0.1) is 11.6 Å². The monoisotopic (exact) mass is 214 g/mol. The Hall–Kier alpha value is -1.33. The molecule has 2 heteroatoms. The minimum Gasteiger partial charge on any atom is -0.314 e. The fraction of sp³-hybridized carbons (Fsp3) is 0.500. The van der Waals surface area contributed by atoms with Gasteiger partial charge in [-0.25, -0.2) is 0 Å². The molecular weight excluding hydrogens is 196 g/mol. The van der Waals surface area contributed by atoms with Crippen LogP contribution in [0.15, 0.2) is 24.3 Å². The van der Waals surface area contributed by atoms with Gasteiger partial charge in [-0.15, -0.1) is 0 Å². The van der Waals surface area contributed by atoms with E-state index in [1.807, 2.05) is 12.1 Å². The van der Waals surface area contributed by atoms with Crippen LogP contribution in [0, 0.1) is 17.2 Å². The Morgan fingerprint density at radius 2 is 2.06 bits per heavy atom. The fourth-order valence-electron chi connectivity index (χ4n) is 2.56. The standard InChI is InChI=1S/C14H18N2/c1-3-16-14-8-13(10(14)2)12-6-4-11(9-15)5-7-12/h4-7,10,13-14,16H,3,8H2,1-2H3. The molecule has 1 aromatic carbocycles. The van der Waals surface area contributed by atoms with Crippen LogP contribution in [0.25, 0.3) is 0 Å². The van der Waals surface area contributed by atoms with Crippen LogP contribution in [-0.2, 0) is 0 Å². The van der Waals surface area contributed by atoms with Crippen molar-refractivity contribution >= 4 is 0 Å². The lowest BCUT2D eigenvalue weighted by Crippen LogP contribution is -2.47. The minimum absolute atomic E-state index is 0.664. The second-order valence-electron chi connectivity index (χ2n) is 4.60. The van der Waals surface area contributed by atoms with Crippen molar-refractivity contribution in [1.82, 2.24) is 5.32 Å². The highest BCUT2D eigenvalue weighted by atomic mass is 14.9. The zero-order valence-corrected chi connectivity index (χ0v) is 9.90. The molecule has 0 heterocycles. The number of nitriles is 1. The molecule has 1 saturated carbocycles. The van der Waals surface area contributed by atoms with E-state index in [0.29, 0.717) is 17.9 Å². The van der Waals surface area contributed by atoms with Gasteiger partial charge in [0.25, 0.3) is 0 Å². The predicted octanol–water partition coefficient (Wildman–Crippen LogP) is 2.66. The maximum Gasteiger partial charge on any atom is 0.0991 e. The van der Waals surface area contributed by atoms with Crippen LogP contribution in [-0.4, -0.2) is 12.6 Å². The van der Waals surface area contributed by atoms with Crippen molar-refractivity contribution in [1.29, 1.82) is 5.26 Å². The normalized spacial score (nSPS) is 28.2. The van der Waals surface area contributed by atoms with E-state index in [0.717, 1.165) is 12.1 Å². The summed E-state index contributed by atoms with van der Waals surface area (Å²) < 4.78 is 0. The highest BCUT2D eigenvalue weighted by Gasteiger charge is 2.37. The molecule has 3 unspecified atom stereocenters. The molecule has 16 heavy (non-hydrogen) atoms. The highest BCUT2D eigenvalue weighted by molar-refractivity contribution is 5.34. The predicted molar refractivity (Wildman–Crippen MR) is 65.1 cm³/mol. The number of nitrogens with one attached hydrogen (secondary N) is 1. The van der Waals surface area contributed by atoms with Gasteiger partial charge in [-0.1, -0.05) is 26.0 Å². The molecule has 0 saturated heterocycles. The van der Waals surface area contributed by atoms with Crippen LogP contribution in [0.4, 0.5) is 0 Å². The second kappa shape index (κ2) is 4.67. The maximum atomic E-state index is 8.74. The van der Waals surface area contributed by atoms with Gasteiger partial charge >= 0.3 is 0 Å². The number of hydrogen-bond acceptors (Lipinski definition) is 2. The summed E-state index contributed by atoms with van der Waals surface area (Å²) >= 11 is 0. The number of rotatable bonds is 3. The first-order valence-corrected chi connectivity index (χ1v) is 5.99. The lowest BCUT2D eigenvalue weighted by molar-refractivity contribution is 0.187. The average molecular weight is 214 g/mol. The topological polar surface area (TPSA) is 35.8 Å². The second-order valence-corrected chi connectivity index (χ2v) is 4.60. The van der Waals surface area contributed by atoms with Crippen LogP contribution >= 0.6 is 0 Å². The molecule has 2 nitrogen and oxygen atoms in total. The summed E-state index contributed by atoms with van der Waals surface area (Å²) in [4.78, 5) is 0. The third-order valence-corrected chi connectivity index (χ3v) is 3.71. The van der Waals surface area contributed by atoms with Crippen molar-refractivity contribution in [2.75, 3.05) is 6.54 Å². The SMILES string of the molecule is CCNC1CC(c2ccc(C#N)cc2)C1C. The lowest BCUT2D eigenvalue weighted by Gasteiger charge is -2.43. The summed E-state index contributed by atoms with van der Waals surface area (Å²) in [6.45, 7) is 5.51. The smallest absolute Gasteiger partial charge is 0.0991 e. The van der Waals surface area contributed by atoms with Crippen LogP contribution in [0.2, 0.25) is 0 Å². The van der Waals surface area contributed by atoms with E-state index < -0.39 is 0 Å². The van der Waals surface area contributed by atoms with Gasteiger partial charge in [-0.05, 0) is 42.5 Å². The van der Waals surface area contributed by atoms with Crippen molar-refractivity contribution in [2.24, 2.45) is 5.92 Å². The molecule has 84 valence electrons. The van der Waals surface area contributed by atoms with E-state index in [-0.39, 0.29) is 0 Å². The van der Waals surface area contributed by atoms with E-state index in [1.165, 1.54) is 12.0 Å². The number of nitrogens with zero attached hydrogens (tertiary/aromatic N) is 1. The molecule has 1 fully saturated rings. The average Bonchev–Trinajstić information content (AvgIpc) is 2.34. The van der Waals surface area contributed by atoms with Gasteiger partial charge in [0.15, 0.2) is 0 Å². The Balaban J connectivity index is 2.02. The van der Waals surface area contributed by atoms with Gasteiger partial charge in [0.1, 0.15) is 0 Å². The molecule has 0 bridgehead atoms. The lowest BCUT2D eigenvalue weighted by atomic mass is 9.67. The van der Waals surface area contributed by atoms with Crippen molar-refractivity contribution in [3.63, 3.8) is 0 Å². The van der Waals surface area contributed by atoms with Gasteiger partial charge in [0.2, 0.25) is 0 Å². The molecule has 1 aliphatic carbocycles. The molecule has 0 amide bonds. The Morgan fingerprint density at radius 1 is 1.38 bits per heavy atom. The van der Waals surface area contributed by atoms with E-state index in [1.54, 1.807) is 0 Å². The van der Waals surface area contributed by atoms with E-state index >= 15 is 0 Å². The zero-order chi connectivity index (χ0) is 11.5. The third-order valence-electron chi connectivity index (χ3n) is 3.71. The first kappa shape index (κ1) is 11.2. The van der Waals surface area contributed by atoms with E-state index in [4.69, 9.17) is 5.26 Å². The first-order chi connectivity index (χ1) is 7.76. The van der Waals surface area contributed by atoms with Crippen LogP contribution in [0.5, 0.6) is 0 Å². The Bertz CT molecular complexity index is 388. The van der Waals surface area contributed by atoms with E-state index in [2.05, 4.69) is 37.4 Å². The molecule has 0 radical (unpaired) electrons. The third kappa shape index (κ3) is 1.96. The molecule has 0 aliphatic heterocycles. The summed E-state index contributed by atoms with van der Waals surface area (Å²) in [7, 11) is 0. The molecule has 3 atom stereocenters. The molecular formula is C14H18N2. The zero-order valence-electron chi connectivity index (χ0n) is 9.90. The van der Waals surface area contributed by atoms with Gasteiger partial charge in [-0.2, -0.15) is 5.26 Å². The summed E-state index contributed by atoms with van der Waals surface area (Å²) in [6, 6.07) is 10.9. The Morgan fingerprint density at radius 3 is 2.56 bits per heavy atom. The largest absolute Gasteiger partial charge is 0.314 e. The van der Waals surface area contributed by atoms with Gasteiger partial charge in [0, 0.05) is 6.04 Å². The van der Waals surface area contributed by atoms with Crippen LogP contribution in [0.1, 0.15) is 37.3 Å². The van der Waals surface area contributed by atoms with Crippen LogP contribution < -0.4 is 5.32 Å². The number of benzene rings is 1. The quantitative estimate of drug-likeness (QED) is 0.839. The summed E-state index contributed by atoms with van der Waals surface area (Å²) in [6.07, 6.45) is 1.22. The number of hydrogen-bond donors (Lipinski definition) is 1. The van der Waals surface area contributed by atoms with Crippen LogP contribution in [0.3, 0.4) is 0 Å². The minimum atomic E-state index is 0.664. The highest BCUT2D eigenvalue weighted by Crippen LogP contribution is 2.42. The van der Waals surface area contributed by atoms with Gasteiger partial charge < -0.3 is 5.32 Å². The summed E-state index contributed by atoms with van der Waals surface area (Å²) in [5, 5.41) is 12.2. The summed E-state index contributed by atoms with van der Waals surface area (Å²) in [5.41, 5.74) is 2.12. The molecule has 1 N–H and O–H groups in total. The molecule has 1 aromatic rings.